The third-order valence-corrected chi connectivity index (χ3v) is 14.6. The van der Waals surface area contributed by atoms with E-state index in [-0.39, 0.29) is 45.3 Å². The van der Waals surface area contributed by atoms with Gasteiger partial charge in [0.25, 0.3) is 17.7 Å². The van der Waals surface area contributed by atoms with Gasteiger partial charge in [-0.15, -0.1) is 0 Å². The molecule has 7 rings (SSSR count). The minimum atomic E-state index is -4.19. The second-order valence-corrected chi connectivity index (χ2v) is 19.5. The number of aliphatic hydroxyl groups is 1. The fourth-order valence-corrected chi connectivity index (χ4v) is 11.3. The molecule has 3 saturated heterocycles. The molecule has 0 amide bonds. The molecular weight excluding hydrogens is 851 g/mol. The Labute approximate surface area is 294 Å². The topological polar surface area (TPSA) is 287 Å². The first-order chi connectivity index (χ1) is 22.6. The van der Waals surface area contributed by atoms with Crippen LogP contribution < -0.4 is 27.5 Å². The summed E-state index contributed by atoms with van der Waals surface area (Å²) in [7, 11) is 0. The van der Waals surface area contributed by atoms with E-state index in [4.69, 9.17) is 46.3 Å². The SMILES string of the molecule is C=C1[C@@H]2C(I)[C@@H](COP(O)(=S)OC3[C@@H](COP1(=O)S)O[C@@H](n1cnc4c(=O)[nH]c(N)nc41)[C@H]3O)O[C@H]2n1c(=O)sc2c(=O)[nH]c(N)nc21. The van der Waals surface area contributed by atoms with Crippen LogP contribution in [-0.2, 0) is 39.4 Å². The number of hydrogen-bond acceptors (Lipinski definition) is 17. The fourth-order valence-electron chi connectivity index (χ4n) is 5.74. The summed E-state index contributed by atoms with van der Waals surface area (Å²) in [5.41, 5.74) is 10.0. The number of anilines is 2. The van der Waals surface area contributed by atoms with Crippen molar-refractivity contribution in [2.24, 2.45) is 5.92 Å². The molecule has 3 aliphatic rings. The van der Waals surface area contributed by atoms with Crippen molar-refractivity contribution >= 4 is 105 Å². The second-order valence-electron chi connectivity index (χ2n) is 10.8. The molecule has 4 unspecified atom stereocenters. The summed E-state index contributed by atoms with van der Waals surface area (Å²) < 4.78 is 45.3. The number of nitrogen functional groups attached to an aromatic ring is 2. The predicted octanol–water partition coefficient (Wildman–Crippen LogP) is 0.305. The first-order valence-electron chi connectivity index (χ1n) is 13.6. The van der Waals surface area contributed by atoms with Crippen molar-refractivity contribution in [2.45, 2.75) is 40.8 Å². The molecule has 20 nitrogen and oxygen atoms in total. The third-order valence-electron chi connectivity index (χ3n) is 7.92. The number of aromatic amines is 2. The number of nitrogens with one attached hydrogen (secondary N) is 2. The number of nitrogens with two attached hydrogens (primary N) is 2. The van der Waals surface area contributed by atoms with Gasteiger partial charge in [0, 0.05) is 11.2 Å². The van der Waals surface area contributed by atoms with Crippen LogP contribution in [0.5, 0.6) is 0 Å². The molecule has 0 aromatic carbocycles. The number of nitrogens with zero attached hydrogens (tertiary/aromatic N) is 5. The molecule has 4 aromatic heterocycles. The molecule has 7 heterocycles. The first-order valence-corrected chi connectivity index (χ1v) is 21.1. The molecule has 0 saturated carbocycles. The van der Waals surface area contributed by atoms with Crippen LogP contribution in [-0.4, -0.2) is 85.6 Å². The van der Waals surface area contributed by atoms with E-state index >= 15 is 0 Å². The van der Waals surface area contributed by atoms with E-state index in [0.29, 0.717) is 11.3 Å². The smallest absolute Gasteiger partial charge is 0.325 e. The van der Waals surface area contributed by atoms with Crippen LogP contribution in [0.25, 0.3) is 21.5 Å². The number of rotatable bonds is 2. The number of ether oxygens (including phenoxy) is 2. The number of halogens is 1. The van der Waals surface area contributed by atoms with Gasteiger partial charge in [-0.3, -0.25) is 42.6 Å². The summed E-state index contributed by atoms with van der Waals surface area (Å²) in [6.07, 6.45) is -6.56. The summed E-state index contributed by atoms with van der Waals surface area (Å²) in [5, 5.41) is 11.3. The van der Waals surface area contributed by atoms with E-state index in [1.807, 2.05) is 22.6 Å². The minimum absolute atomic E-state index is 0.0171. The molecule has 48 heavy (non-hydrogen) atoms. The molecule has 10 atom stereocenters. The highest BCUT2D eigenvalue weighted by molar-refractivity contribution is 14.1. The number of hydrogen-bond donors (Lipinski definition) is 7. The Morgan fingerprint density at radius 2 is 1.73 bits per heavy atom. The maximum absolute atomic E-state index is 14.1. The van der Waals surface area contributed by atoms with E-state index < -0.39 is 82.6 Å². The van der Waals surface area contributed by atoms with Crippen molar-refractivity contribution in [1.82, 2.24) is 34.1 Å². The average molecular weight is 876 g/mol. The summed E-state index contributed by atoms with van der Waals surface area (Å²) >= 11 is 12.3. The van der Waals surface area contributed by atoms with Gasteiger partial charge in [0.2, 0.25) is 11.9 Å². The van der Waals surface area contributed by atoms with Gasteiger partial charge in [-0.25, -0.2) is 4.98 Å². The van der Waals surface area contributed by atoms with Crippen LogP contribution in [0.4, 0.5) is 11.9 Å². The molecule has 258 valence electrons. The molecular formula is C22H24IN9O11P2S3. The number of aliphatic hydroxyl groups excluding tert-OH is 1. The van der Waals surface area contributed by atoms with Gasteiger partial charge in [-0.1, -0.05) is 52.8 Å². The number of thiol groups is 1. The zero-order valence-electron chi connectivity index (χ0n) is 23.8. The number of thiazole rings is 1. The molecule has 2 bridgehead atoms. The third kappa shape index (κ3) is 5.82. The Kier molecular flexibility index (Phi) is 8.82. The molecule has 0 spiro atoms. The molecule has 4 aromatic rings. The molecule has 0 radical (unpaired) electrons. The van der Waals surface area contributed by atoms with Crippen LogP contribution in [0.3, 0.4) is 0 Å². The van der Waals surface area contributed by atoms with Crippen molar-refractivity contribution in [3.63, 3.8) is 0 Å². The van der Waals surface area contributed by atoms with E-state index in [1.54, 1.807) is 0 Å². The van der Waals surface area contributed by atoms with Crippen LogP contribution in [0.1, 0.15) is 12.5 Å². The van der Waals surface area contributed by atoms with Crippen LogP contribution in [0.15, 0.2) is 32.6 Å². The zero-order chi connectivity index (χ0) is 34.4. The summed E-state index contributed by atoms with van der Waals surface area (Å²) in [5.74, 6) is -1.42. The van der Waals surface area contributed by atoms with Crippen molar-refractivity contribution in [2.75, 3.05) is 24.7 Å². The van der Waals surface area contributed by atoms with Gasteiger partial charge in [0.05, 0.1) is 29.6 Å². The number of imidazole rings is 1. The van der Waals surface area contributed by atoms with Crippen molar-refractivity contribution < 1.29 is 37.6 Å². The lowest BCUT2D eigenvalue weighted by molar-refractivity contribution is -0.0475. The van der Waals surface area contributed by atoms with Gasteiger partial charge in [0.1, 0.15) is 29.2 Å². The lowest BCUT2D eigenvalue weighted by Gasteiger charge is -2.28. The Hall–Kier alpha value is -2.06. The second kappa shape index (κ2) is 12.3. The minimum Gasteiger partial charge on any atom is -0.386 e. The van der Waals surface area contributed by atoms with E-state index in [9.17, 15) is 28.9 Å². The van der Waals surface area contributed by atoms with E-state index in [0.717, 1.165) is 4.57 Å². The monoisotopic (exact) mass is 875 g/mol. The maximum atomic E-state index is 14.1. The van der Waals surface area contributed by atoms with Gasteiger partial charge in [-0.05, 0) is 11.8 Å². The highest BCUT2D eigenvalue weighted by Crippen LogP contribution is 2.66. The van der Waals surface area contributed by atoms with E-state index in [1.165, 1.54) is 10.9 Å². The standard InChI is InChI=1S/C22H24IN9O11P2S3/c1-5-8-9(23)6(41-18(8)32-15-13(48-22(32)36)17(35)30-21(25)28-15)2-40-45(38,47)43-12-7(3-39-44(5,37)46)42-19(11(12)33)31-4-26-10-14(31)27-20(24)29-16(10)34/h4,6-9,11-12,18-19,33H,1-3H2,(H,37,46)(H,38,47)(H3,24,27,29,34)(H3,25,28,30,35)/t6-,7-,8-,9?,11+,12?,18-,19-,44?,45?/m1/s1. The number of fused-ring (bicyclic) bond motifs is 5. The summed E-state index contributed by atoms with van der Waals surface area (Å²) in [6.45, 7) is -5.23. The fraction of sp³-hybridized carbons (Fsp3) is 0.455. The molecule has 8 N–H and O–H groups in total. The Balaban J connectivity index is 1.26. The Morgan fingerprint density at radius 1 is 1.08 bits per heavy atom. The van der Waals surface area contributed by atoms with Crippen molar-refractivity contribution in [3.05, 3.63) is 48.6 Å². The summed E-state index contributed by atoms with van der Waals surface area (Å²) in [4.78, 5) is 65.6. The van der Waals surface area contributed by atoms with Crippen molar-refractivity contribution in [3.8, 4) is 0 Å². The predicted molar refractivity (Wildman–Crippen MR) is 186 cm³/mol. The highest BCUT2D eigenvalue weighted by atomic mass is 127. The van der Waals surface area contributed by atoms with Crippen LogP contribution in [0.2, 0.25) is 0 Å². The highest BCUT2D eigenvalue weighted by Gasteiger charge is 2.53. The number of H-pyrrole nitrogens is 2. The quantitative estimate of drug-likeness (QED) is 0.0617. The summed E-state index contributed by atoms with van der Waals surface area (Å²) in [6, 6.07) is 0. The zero-order valence-corrected chi connectivity index (χ0v) is 30.3. The Morgan fingerprint density at radius 3 is 2.46 bits per heavy atom. The van der Waals surface area contributed by atoms with E-state index in [2.05, 4.69) is 43.7 Å². The van der Waals surface area contributed by atoms with Gasteiger partial charge >= 0.3 is 11.6 Å². The van der Waals surface area contributed by atoms with Gasteiger partial charge < -0.3 is 40.0 Å². The maximum Gasteiger partial charge on any atom is 0.325 e. The first kappa shape index (κ1) is 34.4. The average Bonchev–Trinajstić information content (AvgIpc) is 3.73. The molecule has 0 aliphatic carbocycles. The van der Waals surface area contributed by atoms with Crippen LogP contribution >= 0.6 is 59.5 Å². The lowest BCUT2D eigenvalue weighted by Crippen LogP contribution is -2.36. The largest absolute Gasteiger partial charge is 0.386 e. The lowest BCUT2D eigenvalue weighted by atomic mass is 10.0. The molecule has 3 aliphatic heterocycles. The van der Waals surface area contributed by atoms with Crippen molar-refractivity contribution in [1.29, 1.82) is 0 Å². The normalized spacial score (nSPS) is 36.1. The van der Waals surface area contributed by atoms with Gasteiger partial charge in [-0.2, -0.15) is 9.97 Å². The van der Waals surface area contributed by atoms with Gasteiger partial charge in [0.15, 0.2) is 23.0 Å². The number of alkyl halides is 1. The Bertz CT molecular complexity index is 2260. The molecule has 3 fully saturated rings. The molecule has 26 heteroatoms. The van der Waals surface area contributed by atoms with Crippen LogP contribution in [0, 0.1) is 5.92 Å². The number of aromatic nitrogens is 7.